The molecule has 13 heavy (non-hydrogen) atoms. The lowest BCUT2D eigenvalue weighted by molar-refractivity contribution is 0.289. The first-order chi connectivity index (χ1) is 6.10. The van der Waals surface area contributed by atoms with E-state index in [1.54, 1.807) is 0 Å². The number of thioether (sulfide) groups is 1. The van der Waals surface area contributed by atoms with Gasteiger partial charge in [-0.3, -0.25) is 0 Å². The predicted octanol–water partition coefficient (Wildman–Crippen LogP) is 4.25. The van der Waals surface area contributed by atoms with Crippen LogP contribution in [0.2, 0.25) is 0 Å². The van der Waals surface area contributed by atoms with Gasteiger partial charge in [-0.15, -0.1) is 23.2 Å². The first kappa shape index (κ1) is 13.9. The summed E-state index contributed by atoms with van der Waals surface area (Å²) in [7, 11) is 0. The Labute approximate surface area is 96.8 Å². The van der Waals surface area contributed by atoms with E-state index in [-0.39, 0.29) is 5.41 Å². The molecule has 3 heteroatoms. The highest BCUT2D eigenvalue weighted by atomic mass is 35.5. The van der Waals surface area contributed by atoms with Crippen LogP contribution in [0.4, 0.5) is 0 Å². The van der Waals surface area contributed by atoms with Gasteiger partial charge in [-0.05, 0) is 36.2 Å². The van der Waals surface area contributed by atoms with E-state index in [0.717, 1.165) is 18.6 Å². The summed E-state index contributed by atoms with van der Waals surface area (Å²) >= 11 is 13.9. The fourth-order valence-electron chi connectivity index (χ4n) is 1.57. The molecule has 0 saturated carbocycles. The van der Waals surface area contributed by atoms with Crippen molar-refractivity contribution < 1.29 is 0 Å². The summed E-state index contributed by atoms with van der Waals surface area (Å²) in [5.41, 5.74) is 0.167. The molecule has 0 fully saturated rings. The van der Waals surface area contributed by atoms with Crippen LogP contribution in [0.15, 0.2) is 0 Å². The van der Waals surface area contributed by atoms with Crippen LogP contribution in [0.25, 0.3) is 0 Å². The highest BCUT2D eigenvalue weighted by molar-refractivity contribution is 7.98. The summed E-state index contributed by atoms with van der Waals surface area (Å²) in [4.78, 5) is 0. The molecule has 0 unspecified atom stereocenters. The van der Waals surface area contributed by atoms with Crippen LogP contribution < -0.4 is 0 Å². The highest BCUT2D eigenvalue weighted by Gasteiger charge is 2.28. The number of hydrogen-bond donors (Lipinski definition) is 0. The third kappa shape index (κ3) is 5.39. The van der Waals surface area contributed by atoms with Gasteiger partial charge in [0.25, 0.3) is 0 Å². The minimum atomic E-state index is 0.167. The van der Waals surface area contributed by atoms with Crippen molar-refractivity contribution in [2.24, 2.45) is 11.3 Å². The zero-order valence-corrected chi connectivity index (χ0v) is 11.1. The second-order valence-corrected chi connectivity index (χ2v) is 5.63. The third-order valence-corrected chi connectivity index (χ3v) is 3.99. The molecular formula is C10H20Cl2S. The topological polar surface area (TPSA) is 0 Å². The molecule has 0 aliphatic rings. The van der Waals surface area contributed by atoms with Gasteiger partial charge in [0.1, 0.15) is 0 Å². The molecule has 0 heterocycles. The van der Waals surface area contributed by atoms with Crippen molar-refractivity contribution in [3.63, 3.8) is 0 Å². The Morgan fingerprint density at radius 1 is 1.23 bits per heavy atom. The first-order valence-corrected chi connectivity index (χ1v) is 7.17. The highest BCUT2D eigenvalue weighted by Crippen LogP contribution is 2.34. The zero-order chi connectivity index (χ0) is 10.3. The lowest BCUT2D eigenvalue weighted by Gasteiger charge is -2.31. The van der Waals surface area contributed by atoms with Gasteiger partial charge in [0.15, 0.2) is 0 Å². The van der Waals surface area contributed by atoms with Gasteiger partial charge in [-0.1, -0.05) is 13.8 Å². The van der Waals surface area contributed by atoms with E-state index in [9.17, 15) is 0 Å². The summed E-state index contributed by atoms with van der Waals surface area (Å²) in [6.07, 6.45) is 4.41. The summed E-state index contributed by atoms with van der Waals surface area (Å²) in [6.45, 7) is 4.46. The van der Waals surface area contributed by atoms with Gasteiger partial charge in [-0.2, -0.15) is 11.8 Å². The molecular weight excluding hydrogens is 223 g/mol. The second-order valence-electron chi connectivity index (χ2n) is 4.11. The molecule has 0 aromatic rings. The van der Waals surface area contributed by atoms with Crippen LogP contribution in [-0.2, 0) is 0 Å². The van der Waals surface area contributed by atoms with Crippen LogP contribution in [-0.4, -0.2) is 23.8 Å². The van der Waals surface area contributed by atoms with Crippen LogP contribution in [0.5, 0.6) is 0 Å². The Kier molecular flexibility index (Phi) is 7.77. The van der Waals surface area contributed by atoms with E-state index < -0.39 is 0 Å². The molecule has 0 spiro atoms. The molecule has 0 rings (SSSR count). The molecule has 0 aliphatic carbocycles. The Morgan fingerprint density at radius 2 is 1.77 bits per heavy atom. The Morgan fingerprint density at radius 3 is 2.08 bits per heavy atom. The smallest absolute Gasteiger partial charge is 0.0291 e. The molecule has 0 saturated heterocycles. The zero-order valence-electron chi connectivity index (χ0n) is 8.78. The fraction of sp³-hybridized carbons (Fsp3) is 1.00. The van der Waals surface area contributed by atoms with E-state index in [4.69, 9.17) is 23.2 Å². The van der Waals surface area contributed by atoms with Gasteiger partial charge in [0.2, 0.25) is 0 Å². The van der Waals surface area contributed by atoms with Crippen molar-refractivity contribution in [3.05, 3.63) is 0 Å². The van der Waals surface area contributed by atoms with Crippen LogP contribution in [0.1, 0.15) is 26.7 Å². The molecule has 80 valence electrons. The lowest BCUT2D eigenvalue weighted by Crippen LogP contribution is -2.28. The summed E-state index contributed by atoms with van der Waals surface area (Å²) < 4.78 is 0. The van der Waals surface area contributed by atoms with Crippen molar-refractivity contribution in [3.8, 4) is 0 Å². The minimum absolute atomic E-state index is 0.167. The Balaban J connectivity index is 4.13. The maximum Gasteiger partial charge on any atom is 0.0291 e. The molecule has 0 radical (unpaired) electrons. The summed E-state index contributed by atoms with van der Waals surface area (Å²) in [6, 6.07) is 0. The van der Waals surface area contributed by atoms with E-state index in [1.165, 1.54) is 0 Å². The van der Waals surface area contributed by atoms with Crippen molar-refractivity contribution in [2.75, 3.05) is 23.8 Å². The fourth-order valence-corrected chi connectivity index (χ4v) is 2.97. The van der Waals surface area contributed by atoms with Crippen molar-refractivity contribution >= 4 is 35.0 Å². The quantitative estimate of drug-likeness (QED) is 0.602. The molecule has 0 aromatic carbocycles. The summed E-state index contributed by atoms with van der Waals surface area (Å²) in [5.74, 6) is 3.22. The van der Waals surface area contributed by atoms with Gasteiger partial charge in [0, 0.05) is 11.8 Å². The van der Waals surface area contributed by atoms with Gasteiger partial charge < -0.3 is 0 Å². The third-order valence-electron chi connectivity index (χ3n) is 2.24. The number of alkyl halides is 2. The standard InChI is InChI=1S/C10H20Cl2S/c1-9(2)6-10(7-11,8-12)4-5-13-3/h9H,4-8H2,1-3H3. The number of halogens is 2. The Hall–Kier alpha value is 0.930. The maximum atomic E-state index is 6.01. The number of rotatable bonds is 7. The Bertz CT molecular complexity index is 122. The molecule has 0 aromatic heterocycles. The van der Waals surface area contributed by atoms with Gasteiger partial charge in [0.05, 0.1) is 0 Å². The lowest BCUT2D eigenvalue weighted by atomic mass is 9.81. The molecule has 0 bridgehead atoms. The van der Waals surface area contributed by atoms with Gasteiger partial charge >= 0.3 is 0 Å². The molecule has 0 aliphatic heterocycles. The predicted molar refractivity (Wildman–Crippen MR) is 66.3 cm³/mol. The molecule has 0 atom stereocenters. The monoisotopic (exact) mass is 242 g/mol. The van der Waals surface area contributed by atoms with Crippen molar-refractivity contribution in [2.45, 2.75) is 26.7 Å². The second kappa shape index (κ2) is 7.25. The maximum absolute atomic E-state index is 6.01. The number of hydrogen-bond acceptors (Lipinski definition) is 1. The average molecular weight is 243 g/mol. The van der Waals surface area contributed by atoms with Gasteiger partial charge in [-0.25, -0.2) is 0 Å². The average Bonchev–Trinajstić information content (AvgIpc) is 2.12. The first-order valence-electron chi connectivity index (χ1n) is 4.71. The molecule has 0 N–H and O–H groups in total. The van der Waals surface area contributed by atoms with E-state index >= 15 is 0 Å². The normalized spacial score (nSPS) is 12.5. The largest absolute Gasteiger partial charge is 0.165 e. The van der Waals surface area contributed by atoms with E-state index in [0.29, 0.717) is 17.7 Å². The van der Waals surface area contributed by atoms with Crippen LogP contribution >= 0.6 is 35.0 Å². The van der Waals surface area contributed by atoms with Crippen LogP contribution in [0.3, 0.4) is 0 Å². The van der Waals surface area contributed by atoms with E-state index in [2.05, 4.69) is 20.1 Å². The van der Waals surface area contributed by atoms with Crippen molar-refractivity contribution in [1.82, 2.24) is 0 Å². The SMILES string of the molecule is CSCCC(CCl)(CCl)CC(C)C. The minimum Gasteiger partial charge on any atom is -0.165 e. The summed E-state index contributed by atoms with van der Waals surface area (Å²) in [5, 5.41) is 0. The van der Waals surface area contributed by atoms with Crippen LogP contribution in [0, 0.1) is 11.3 Å². The van der Waals surface area contributed by atoms with E-state index in [1.807, 2.05) is 11.8 Å². The molecule has 0 nitrogen and oxygen atoms in total. The molecule has 0 amide bonds. The van der Waals surface area contributed by atoms with Crippen molar-refractivity contribution in [1.29, 1.82) is 0 Å².